The number of carbonyl (C=O) groups excluding carboxylic acids is 1. The summed E-state index contributed by atoms with van der Waals surface area (Å²) in [6.45, 7) is 2.20. The van der Waals surface area contributed by atoms with Gasteiger partial charge in [-0.2, -0.15) is 4.99 Å². The van der Waals surface area contributed by atoms with Crippen LogP contribution in [0, 0.1) is 0 Å². The van der Waals surface area contributed by atoms with Crippen molar-refractivity contribution in [2.45, 2.75) is 44.9 Å². The molecule has 2 aliphatic carbocycles. The van der Waals surface area contributed by atoms with Gasteiger partial charge < -0.3 is 0 Å². The van der Waals surface area contributed by atoms with Crippen LogP contribution in [0.3, 0.4) is 0 Å². The third-order valence-corrected chi connectivity index (χ3v) is 3.78. The second kappa shape index (κ2) is 3.53. The van der Waals surface area contributed by atoms with E-state index in [1.165, 1.54) is 22.5 Å². The van der Waals surface area contributed by atoms with Crippen LogP contribution in [0.5, 0.6) is 0 Å². The summed E-state index contributed by atoms with van der Waals surface area (Å²) in [5.74, 6) is 0.515. The topological polar surface area (TPSA) is 42.3 Å². The molecule has 3 rings (SSSR count). The van der Waals surface area contributed by atoms with Crippen LogP contribution in [0.4, 0.5) is 5.69 Å². The Labute approximate surface area is 94.6 Å². The first-order chi connectivity index (χ1) is 7.81. The second-order valence-electron chi connectivity index (χ2n) is 4.75. The Morgan fingerprint density at radius 3 is 3.00 bits per heavy atom. The van der Waals surface area contributed by atoms with Gasteiger partial charge in [-0.1, -0.05) is 6.92 Å². The normalized spacial score (nSPS) is 21.4. The molecule has 0 N–H and O–H groups in total. The van der Waals surface area contributed by atoms with E-state index >= 15 is 0 Å². The zero-order chi connectivity index (χ0) is 11.1. The Balaban J connectivity index is 2.28. The zero-order valence-electron chi connectivity index (χ0n) is 9.42. The number of rotatable bonds is 1. The Kier molecular flexibility index (Phi) is 2.15. The predicted molar refractivity (Wildman–Crippen MR) is 60.8 cm³/mol. The molecule has 82 valence electrons. The molecule has 0 fully saturated rings. The summed E-state index contributed by atoms with van der Waals surface area (Å²) in [6.07, 6.45) is 7.04. The summed E-state index contributed by atoms with van der Waals surface area (Å²) in [6, 6.07) is 0. The molecule has 0 aliphatic heterocycles. The van der Waals surface area contributed by atoms with E-state index in [0.29, 0.717) is 5.92 Å². The lowest BCUT2D eigenvalue weighted by atomic mass is 10.0. The minimum atomic E-state index is 0.515. The highest BCUT2D eigenvalue weighted by atomic mass is 16.1. The van der Waals surface area contributed by atoms with Gasteiger partial charge in [-0.25, -0.2) is 4.79 Å². The summed E-state index contributed by atoms with van der Waals surface area (Å²) >= 11 is 0. The Bertz CT molecular complexity index is 501. The molecular weight excluding hydrogens is 200 g/mol. The van der Waals surface area contributed by atoms with Crippen molar-refractivity contribution in [1.29, 1.82) is 0 Å². The lowest BCUT2D eigenvalue weighted by molar-refractivity contribution is 0.565. The summed E-state index contributed by atoms with van der Waals surface area (Å²) < 4.78 is 0. The van der Waals surface area contributed by atoms with Gasteiger partial charge in [0.1, 0.15) is 0 Å². The van der Waals surface area contributed by atoms with Crippen molar-refractivity contribution >= 4 is 11.8 Å². The Morgan fingerprint density at radius 2 is 2.19 bits per heavy atom. The lowest BCUT2D eigenvalue weighted by Gasteiger charge is -2.10. The molecule has 1 aromatic rings. The molecule has 0 unspecified atom stereocenters. The summed E-state index contributed by atoms with van der Waals surface area (Å²) in [5.41, 5.74) is 5.65. The van der Waals surface area contributed by atoms with E-state index in [2.05, 4.69) is 11.9 Å². The number of isocyanates is 1. The zero-order valence-corrected chi connectivity index (χ0v) is 9.42. The van der Waals surface area contributed by atoms with E-state index in [1.807, 2.05) is 0 Å². The third-order valence-electron chi connectivity index (χ3n) is 3.78. The number of aryl methyl sites for hydroxylation is 1. The number of fused-ring (bicyclic) bond motifs is 2. The minimum absolute atomic E-state index is 0.515. The fraction of sp³-hybridized carbons (Fsp3) is 0.538. The second-order valence-corrected chi connectivity index (χ2v) is 4.75. The number of aliphatic imine (C=N–C) groups is 1. The Morgan fingerprint density at radius 1 is 1.31 bits per heavy atom. The summed E-state index contributed by atoms with van der Waals surface area (Å²) in [5, 5.41) is 0. The maximum Gasteiger partial charge on any atom is 0.240 e. The standard InChI is InChI=1S/C13H14N2O/c1-8-5-6-10-12(8)15-11-4-2-3-9(11)13(10)14-7-16/h8H,2-6H2,1H3/t8-/m1/s1. The van der Waals surface area contributed by atoms with Gasteiger partial charge >= 0.3 is 0 Å². The molecule has 0 bridgehead atoms. The van der Waals surface area contributed by atoms with Crippen LogP contribution < -0.4 is 0 Å². The van der Waals surface area contributed by atoms with E-state index in [1.54, 1.807) is 6.08 Å². The third kappa shape index (κ3) is 1.25. The van der Waals surface area contributed by atoms with E-state index in [9.17, 15) is 4.79 Å². The maximum atomic E-state index is 10.5. The van der Waals surface area contributed by atoms with Gasteiger partial charge in [-0.3, -0.25) is 4.98 Å². The monoisotopic (exact) mass is 214 g/mol. The van der Waals surface area contributed by atoms with Crippen LogP contribution >= 0.6 is 0 Å². The van der Waals surface area contributed by atoms with Crippen LogP contribution in [0.15, 0.2) is 4.99 Å². The van der Waals surface area contributed by atoms with Crippen molar-refractivity contribution < 1.29 is 4.79 Å². The highest BCUT2D eigenvalue weighted by Crippen LogP contribution is 2.42. The van der Waals surface area contributed by atoms with E-state index in [0.717, 1.165) is 37.8 Å². The molecule has 0 saturated carbocycles. The van der Waals surface area contributed by atoms with Gasteiger partial charge in [0.05, 0.1) is 5.69 Å². The number of nitrogens with zero attached hydrogens (tertiary/aromatic N) is 2. The summed E-state index contributed by atoms with van der Waals surface area (Å²) in [7, 11) is 0. The summed E-state index contributed by atoms with van der Waals surface area (Å²) in [4.78, 5) is 19.3. The molecule has 0 aromatic carbocycles. The van der Waals surface area contributed by atoms with Crippen LogP contribution in [-0.2, 0) is 24.1 Å². The predicted octanol–water partition coefficient (Wildman–Crippen LogP) is 2.59. The molecule has 0 amide bonds. The van der Waals surface area contributed by atoms with Crippen molar-refractivity contribution in [3.63, 3.8) is 0 Å². The lowest BCUT2D eigenvalue weighted by Crippen LogP contribution is -1.99. The van der Waals surface area contributed by atoms with E-state index < -0.39 is 0 Å². The first-order valence-corrected chi connectivity index (χ1v) is 5.93. The van der Waals surface area contributed by atoms with Crippen molar-refractivity contribution in [3.8, 4) is 0 Å². The van der Waals surface area contributed by atoms with Gasteiger partial charge in [0, 0.05) is 22.5 Å². The van der Waals surface area contributed by atoms with Gasteiger partial charge in [0.15, 0.2) is 0 Å². The highest BCUT2D eigenvalue weighted by Gasteiger charge is 2.28. The molecule has 3 heteroatoms. The molecule has 0 saturated heterocycles. The number of aromatic nitrogens is 1. The molecular formula is C13H14N2O. The van der Waals surface area contributed by atoms with Crippen LogP contribution in [0.25, 0.3) is 0 Å². The van der Waals surface area contributed by atoms with Gasteiger partial charge in [-0.05, 0) is 38.0 Å². The largest absolute Gasteiger partial charge is 0.257 e. The Hall–Kier alpha value is -1.47. The quantitative estimate of drug-likeness (QED) is 0.532. The van der Waals surface area contributed by atoms with E-state index in [4.69, 9.17) is 4.98 Å². The molecule has 16 heavy (non-hydrogen) atoms. The number of pyridine rings is 1. The fourth-order valence-electron chi connectivity index (χ4n) is 2.95. The average molecular weight is 214 g/mol. The van der Waals surface area contributed by atoms with Crippen LogP contribution in [0.2, 0.25) is 0 Å². The van der Waals surface area contributed by atoms with Crippen LogP contribution in [-0.4, -0.2) is 11.1 Å². The first-order valence-electron chi connectivity index (χ1n) is 5.93. The molecule has 1 heterocycles. The SMILES string of the molecule is C[C@@H]1CCc2c1nc1c(c2N=C=O)CCC1. The maximum absolute atomic E-state index is 10.5. The molecule has 0 spiro atoms. The van der Waals surface area contributed by atoms with Gasteiger partial charge in [-0.15, -0.1) is 0 Å². The average Bonchev–Trinajstić information content (AvgIpc) is 2.87. The minimum Gasteiger partial charge on any atom is -0.257 e. The molecule has 0 radical (unpaired) electrons. The smallest absolute Gasteiger partial charge is 0.240 e. The van der Waals surface area contributed by atoms with Gasteiger partial charge in [0.2, 0.25) is 6.08 Å². The first kappa shape index (κ1) is 9.73. The van der Waals surface area contributed by atoms with Crippen molar-refractivity contribution in [2.24, 2.45) is 4.99 Å². The number of hydrogen-bond donors (Lipinski definition) is 0. The fourth-order valence-corrected chi connectivity index (χ4v) is 2.95. The van der Waals surface area contributed by atoms with Gasteiger partial charge in [0.25, 0.3) is 0 Å². The van der Waals surface area contributed by atoms with Crippen LogP contribution in [0.1, 0.15) is 48.2 Å². The van der Waals surface area contributed by atoms with E-state index in [-0.39, 0.29) is 0 Å². The molecule has 1 atom stereocenters. The van der Waals surface area contributed by atoms with Crippen molar-refractivity contribution in [1.82, 2.24) is 4.98 Å². The molecule has 2 aliphatic rings. The molecule has 3 nitrogen and oxygen atoms in total. The highest BCUT2D eigenvalue weighted by molar-refractivity contribution is 5.63. The number of hydrogen-bond acceptors (Lipinski definition) is 3. The molecule has 1 aromatic heterocycles. The van der Waals surface area contributed by atoms with Crippen molar-refractivity contribution in [2.75, 3.05) is 0 Å². The van der Waals surface area contributed by atoms with Crippen molar-refractivity contribution in [3.05, 3.63) is 22.5 Å².